The smallest absolute Gasteiger partial charge is 0.255 e. The number of ether oxygens (including phenoxy) is 2. The molecule has 17 heavy (non-hydrogen) atoms. The summed E-state index contributed by atoms with van der Waals surface area (Å²) >= 11 is 0. The number of hydrogen-bond acceptors (Lipinski definition) is 4. The number of hydrogen-bond donors (Lipinski definition) is 2. The molecule has 0 unspecified atom stereocenters. The second-order valence-electron chi connectivity index (χ2n) is 3.62. The van der Waals surface area contributed by atoms with Gasteiger partial charge < -0.3 is 19.9 Å². The predicted octanol–water partition coefficient (Wildman–Crippen LogP) is 0.814. The first kappa shape index (κ1) is 13.3. The normalized spacial score (nSPS) is 11.8. The van der Waals surface area contributed by atoms with Crippen LogP contribution in [0.1, 0.15) is 17.3 Å². The van der Waals surface area contributed by atoms with Gasteiger partial charge in [0.2, 0.25) is 0 Å². The third-order valence-corrected chi connectivity index (χ3v) is 2.30. The van der Waals surface area contributed by atoms with Gasteiger partial charge in [-0.2, -0.15) is 0 Å². The molecule has 0 fully saturated rings. The van der Waals surface area contributed by atoms with Gasteiger partial charge in [0.25, 0.3) is 5.91 Å². The number of methoxy groups -OCH3 is 2. The third-order valence-electron chi connectivity index (χ3n) is 2.30. The van der Waals surface area contributed by atoms with Crippen LogP contribution in [0.15, 0.2) is 18.2 Å². The molecule has 0 spiro atoms. The molecule has 5 nitrogen and oxygen atoms in total. The second kappa shape index (κ2) is 6.10. The Morgan fingerprint density at radius 2 is 2.12 bits per heavy atom. The molecular formula is C12H17NO4. The topological polar surface area (TPSA) is 67.8 Å². The zero-order chi connectivity index (χ0) is 12.8. The van der Waals surface area contributed by atoms with Crippen molar-refractivity contribution >= 4 is 5.91 Å². The van der Waals surface area contributed by atoms with Crippen LogP contribution in [0, 0.1) is 0 Å². The second-order valence-corrected chi connectivity index (χ2v) is 3.62. The van der Waals surface area contributed by atoms with E-state index in [9.17, 15) is 4.79 Å². The zero-order valence-corrected chi connectivity index (χ0v) is 10.2. The Labute approximate surface area is 100 Å². The highest BCUT2D eigenvalue weighted by Crippen LogP contribution is 2.23. The summed E-state index contributed by atoms with van der Waals surface area (Å²) in [5.74, 6) is 0.739. The molecule has 0 saturated heterocycles. The van der Waals surface area contributed by atoms with Gasteiger partial charge in [0.1, 0.15) is 11.5 Å². The number of aliphatic hydroxyl groups excluding tert-OH is 1. The lowest BCUT2D eigenvalue weighted by Crippen LogP contribution is -2.35. The Morgan fingerprint density at radius 1 is 1.41 bits per heavy atom. The van der Waals surface area contributed by atoms with Crippen LogP contribution in [-0.2, 0) is 0 Å². The van der Waals surface area contributed by atoms with Gasteiger partial charge in [0, 0.05) is 6.04 Å². The van der Waals surface area contributed by atoms with Crippen molar-refractivity contribution in [2.45, 2.75) is 13.0 Å². The summed E-state index contributed by atoms with van der Waals surface area (Å²) in [6, 6.07) is 4.67. The van der Waals surface area contributed by atoms with E-state index in [0.717, 1.165) is 0 Å². The van der Waals surface area contributed by atoms with Crippen molar-refractivity contribution in [2.75, 3.05) is 20.8 Å². The highest BCUT2D eigenvalue weighted by Gasteiger charge is 2.15. The molecule has 94 valence electrons. The monoisotopic (exact) mass is 239 g/mol. The molecule has 1 aromatic carbocycles. The molecule has 0 bridgehead atoms. The summed E-state index contributed by atoms with van der Waals surface area (Å²) in [5, 5.41) is 11.5. The molecule has 0 aromatic heterocycles. The maximum absolute atomic E-state index is 11.9. The molecule has 5 heteroatoms. The van der Waals surface area contributed by atoms with Crippen molar-refractivity contribution in [3.63, 3.8) is 0 Å². The average molecular weight is 239 g/mol. The summed E-state index contributed by atoms with van der Waals surface area (Å²) in [5.41, 5.74) is 0.382. The minimum atomic E-state index is -0.307. The molecule has 1 atom stereocenters. The van der Waals surface area contributed by atoms with E-state index in [0.29, 0.717) is 17.1 Å². The molecule has 1 amide bonds. The van der Waals surface area contributed by atoms with Gasteiger partial charge in [0.15, 0.2) is 0 Å². The SMILES string of the molecule is COc1ccc(OC)c(C(=O)N[C@@H](C)CO)c1. The summed E-state index contributed by atoms with van der Waals surface area (Å²) in [6.45, 7) is 1.60. The number of benzene rings is 1. The van der Waals surface area contributed by atoms with Gasteiger partial charge in [-0.3, -0.25) is 4.79 Å². The lowest BCUT2D eigenvalue weighted by Gasteiger charge is -2.13. The summed E-state index contributed by atoms with van der Waals surface area (Å²) in [6.07, 6.45) is 0. The zero-order valence-electron chi connectivity index (χ0n) is 10.2. The maximum atomic E-state index is 11.9. The van der Waals surface area contributed by atoms with Crippen LogP contribution in [0.25, 0.3) is 0 Å². The molecule has 0 saturated carbocycles. The fourth-order valence-corrected chi connectivity index (χ4v) is 1.34. The number of amides is 1. The molecule has 2 N–H and O–H groups in total. The van der Waals surface area contributed by atoms with Gasteiger partial charge >= 0.3 is 0 Å². The Kier molecular flexibility index (Phi) is 4.78. The van der Waals surface area contributed by atoms with Crippen LogP contribution in [0.5, 0.6) is 11.5 Å². The standard InChI is InChI=1S/C12H17NO4/c1-8(7-14)13-12(15)10-6-9(16-2)4-5-11(10)17-3/h4-6,8,14H,7H2,1-3H3,(H,13,15)/t8-/m0/s1. The van der Waals surface area contributed by atoms with Gasteiger partial charge in [-0.25, -0.2) is 0 Å². The van der Waals surface area contributed by atoms with E-state index in [1.807, 2.05) is 0 Å². The van der Waals surface area contributed by atoms with Gasteiger partial charge in [0.05, 0.1) is 26.4 Å². The van der Waals surface area contributed by atoms with Crippen LogP contribution < -0.4 is 14.8 Å². The van der Waals surface area contributed by atoms with Crippen LogP contribution in [0.2, 0.25) is 0 Å². The van der Waals surface area contributed by atoms with Crippen molar-refractivity contribution in [1.29, 1.82) is 0 Å². The minimum absolute atomic E-state index is 0.113. The molecule has 0 aliphatic carbocycles. The number of aliphatic hydroxyl groups is 1. The number of nitrogens with one attached hydrogen (secondary N) is 1. The van der Waals surface area contributed by atoms with Gasteiger partial charge in [-0.05, 0) is 25.1 Å². The van der Waals surface area contributed by atoms with Crippen LogP contribution in [0.4, 0.5) is 0 Å². The molecule has 0 aliphatic heterocycles. The summed E-state index contributed by atoms with van der Waals surface area (Å²) in [7, 11) is 3.02. The molecule has 1 aromatic rings. The first-order chi connectivity index (χ1) is 8.12. The summed E-state index contributed by atoms with van der Waals surface area (Å²) in [4.78, 5) is 11.9. The quantitative estimate of drug-likeness (QED) is 0.798. The lowest BCUT2D eigenvalue weighted by atomic mass is 10.1. The molecule has 0 aliphatic rings. The van der Waals surface area contributed by atoms with Crippen molar-refractivity contribution in [1.82, 2.24) is 5.32 Å². The lowest BCUT2D eigenvalue weighted by molar-refractivity contribution is 0.0919. The number of carbonyl (C=O) groups excluding carboxylic acids is 1. The van der Waals surface area contributed by atoms with Crippen molar-refractivity contribution in [2.24, 2.45) is 0 Å². The Morgan fingerprint density at radius 3 is 2.65 bits per heavy atom. The van der Waals surface area contributed by atoms with Crippen molar-refractivity contribution < 1.29 is 19.4 Å². The van der Waals surface area contributed by atoms with Crippen LogP contribution in [-0.4, -0.2) is 37.9 Å². The van der Waals surface area contributed by atoms with E-state index in [1.165, 1.54) is 14.2 Å². The van der Waals surface area contributed by atoms with Gasteiger partial charge in [-0.1, -0.05) is 0 Å². The molecule has 0 heterocycles. The first-order valence-corrected chi connectivity index (χ1v) is 5.26. The highest BCUT2D eigenvalue weighted by atomic mass is 16.5. The van der Waals surface area contributed by atoms with E-state index < -0.39 is 0 Å². The first-order valence-electron chi connectivity index (χ1n) is 5.26. The van der Waals surface area contributed by atoms with Crippen molar-refractivity contribution in [3.05, 3.63) is 23.8 Å². The number of rotatable bonds is 5. The van der Waals surface area contributed by atoms with Gasteiger partial charge in [-0.15, -0.1) is 0 Å². The Hall–Kier alpha value is -1.75. The Balaban J connectivity index is 2.97. The molecular weight excluding hydrogens is 222 g/mol. The fourth-order valence-electron chi connectivity index (χ4n) is 1.34. The van der Waals surface area contributed by atoms with E-state index in [2.05, 4.69) is 5.32 Å². The highest BCUT2D eigenvalue weighted by molar-refractivity contribution is 5.97. The van der Waals surface area contributed by atoms with Crippen LogP contribution >= 0.6 is 0 Å². The largest absolute Gasteiger partial charge is 0.497 e. The van der Waals surface area contributed by atoms with E-state index >= 15 is 0 Å². The molecule has 1 rings (SSSR count). The molecule has 0 radical (unpaired) electrons. The third kappa shape index (κ3) is 3.35. The average Bonchev–Trinajstić information content (AvgIpc) is 2.37. The Bertz CT molecular complexity index is 392. The predicted molar refractivity (Wildman–Crippen MR) is 63.6 cm³/mol. The number of carbonyl (C=O) groups is 1. The van der Waals surface area contributed by atoms with E-state index in [4.69, 9.17) is 14.6 Å². The minimum Gasteiger partial charge on any atom is -0.497 e. The van der Waals surface area contributed by atoms with Crippen LogP contribution in [0.3, 0.4) is 0 Å². The fraction of sp³-hybridized carbons (Fsp3) is 0.417. The van der Waals surface area contributed by atoms with E-state index in [1.54, 1.807) is 25.1 Å². The summed E-state index contributed by atoms with van der Waals surface area (Å²) < 4.78 is 10.2. The maximum Gasteiger partial charge on any atom is 0.255 e. The van der Waals surface area contributed by atoms with Crippen molar-refractivity contribution in [3.8, 4) is 11.5 Å². The van der Waals surface area contributed by atoms with E-state index in [-0.39, 0.29) is 18.6 Å².